The van der Waals surface area contributed by atoms with E-state index in [1.807, 2.05) is 0 Å². The molecule has 0 aliphatic heterocycles. The molecule has 0 saturated carbocycles. The van der Waals surface area contributed by atoms with Crippen molar-refractivity contribution in [3.05, 3.63) is 87.0 Å². The van der Waals surface area contributed by atoms with Crippen molar-refractivity contribution in [2.45, 2.75) is 13.1 Å². The molecule has 3 heterocycles. The van der Waals surface area contributed by atoms with Gasteiger partial charge in [0, 0.05) is 23.6 Å². The average molecular weight is 471 g/mol. The summed E-state index contributed by atoms with van der Waals surface area (Å²) in [6.07, 6.45) is 1.42. The molecule has 0 radical (unpaired) electrons. The van der Waals surface area contributed by atoms with Gasteiger partial charge in [-0.05, 0) is 29.8 Å². The molecule has 1 aromatic carbocycles. The molecule has 0 unspecified atom stereocenters. The highest BCUT2D eigenvalue weighted by Gasteiger charge is 2.18. The Morgan fingerprint density at radius 2 is 1.76 bits per heavy atom. The number of rotatable bonds is 7. The predicted octanol–water partition coefficient (Wildman–Crippen LogP) is 2.63. The van der Waals surface area contributed by atoms with Crippen LogP contribution in [0.4, 0.5) is 8.78 Å². The van der Waals surface area contributed by atoms with E-state index >= 15 is 0 Å². The van der Waals surface area contributed by atoms with Crippen LogP contribution < -0.4 is 10.6 Å². The summed E-state index contributed by atoms with van der Waals surface area (Å²) < 4.78 is 27.7. The Morgan fingerprint density at radius 3 is 2.48 bits per heavy atom. The van der Waals surface area contributed by atoms with Gasteiger partial charge in [0.05, 0.1) is 12.7 Å². The van der Waals surface area contributed by atoms with Crippen molar-refractivity contribution in [1.82, 2.24) is 25.2 Å². The summed E-state index contributed by atoms with van der Waals surface area (Å²) >= 11 is 1.03. The fourth-order valence-corrected chi connectivity index (χ4v) is 3.75. The quantitative estimate of drug-likeness (QED) is 0.381. The van der Waals surface area contributed by atoms with Crippen LogP contribution in [0.1, 0.15) is 41.1 Å². The van der Waals surface area contributed by atoms with Crippen molar-refractivity contribution < 1.29 is 28.3 Å². The Balaban J connectivity index is 1.50. The number of aromatic nitrogens is 3. The standard InChI is InChI=1S/C21H15F2N5O4S/c22-13-3-1-11(7-14(13)23)9-24-19(29)15-8-16(28-18(27-15)5-6-26-28)20(30)25-10-12-2-4-17(33-12)21(31)32/h1-8H,9-10H2,(H,24,29)(H,25,30)(H,31,32). The monoisotopic (exact) mass is 471 g/mol. The third-order valence-corrected chi connectivity index (χ3v) is 5.63. The van der Waals surface area contributed by atoms with Crippen LogP contribution in [-0.4, -0.2) is 37.5 Å². The maximum absolute atomic E-state index is 13.4. The highest BCUT2D eigenvalue weighted by molar-refractivity contribution is 7.13. The van der Waals surface area contributed by atoms with Gasteiger partial charge in [0.15, 0.2) is 17.3 Å². The Labute approximate surface area is 188 Å². The van der Waals surface area contributed by atoms with E-state index in [0.29, 0.717) is 10.4 Å². The van der Waals surface area contributed by atoms with E-state index in [1.165, 1.54) is 35.0 Å². The van der Waals surface area contributed by atoms with E-state index in [9.17, 15) is 23.2 Å². The second-order valence-electron chi connectivity index (χ2n) is 6.81. The first kappa shape index (κ1) is 22.0. The number of hydrogen-bond acceptors (Lipinski definition) is 6. The summed E-state index contributed by atoms with van der Waals surface area (Å²) in [5.74, 6) is -4.24. The average Bonchev–Trinajstić information content (AvgIpc) is 3.47. The summed E-state index contributed by atoms with van der Waals surface area (Å²) in [4.78, 5) is 41.3. The molecule has 4 rings (SSSR count). The molecule has 0 bridgehead atoms. The summed E-state index contributed by atoms with van der Waals surface area (Å²) in [5, 5.41) is 18.3. The minimum absolute atomic E-state index is 0.0398. The Kier molecular flexibility index (Phi) is 6.09. The number of carbonyl (C=O) groups is 3. The van der Waals surface area contributed by atoms with E-state index in [-0.39, 0.29) is 35.0 Å². The molecule has 33 heavy (non-hydrogen) atoms. The molecule has 0 spiro atoms. The van der Waals surface area contributed by atoms with Crippen molar-refractivity contribution in [2.24, 2.45) is 0 Å². The van der Waals surface area contributed by atoms with E-state index in [4.69, 9.17) is 5.11 Å². The number of carboxylic acids is 1. The molecule has 0 aliphatic carbocycles. The van der Waals surface area contributed by atoms with Crippen LogP contribution in [0.3, 0.4) is 0 Å². The lowest BCUT2D eigenvalue weighted by molar-refractivity contribution is 0.0701. The highest BCUT2D eigenvalue weighted by Crippen LogP contribution is 2.16. The SMILES string of the molecule is O=C(NCc1ccc(F)c(F)c1)c1cc(C(=O)NCc2ccc(C(=O)O)s2)n2nccc2n1. The van der Waals surface area contributed by atoms with Crippen LogP contribution in [-0.2, 0) is 13.1 Å². The van der Waals surface area contributed by atoms with Gasteiger partial charge in [-0.2, -0.15) is 5.10 Å². The topological polar surface area (TPSA) is 126 Å². The van der Waals surface area contributed by atoms with Crippen LogP contribution in [0.2, 0.25) is 0 Å². The minimum Gasteiger partial charge on any atom is -0.477 e. The van der Waals surface area contributed by atoms with Crippen molar-refractivity contribution in [1.29, 1.82) is 0 Å². The van der Waals surface area contributed by atoms with Gasteiger partial charge < -0.3 is 15.7 Å². The first-order chi connectivity index (χ1) is 15.8. The molecular weight excluding hydrogens is 456 g/mol. The summed E-state index contributed by atoms with van der Waals surface area (Å²) in [6, 6.07) is 9.09. The van der Waals surface area contributed by atoms with E-state index in [2.05, 4.69) is 20.7 Å². The highest BCUT2D eigenvalue weighted by atomic mass is 32.1. The number of benzene rings is 1. The van der Waals surface area contributed by atoms with Crippen molar-refractivity contribution in [3.8, 4) is 0 Å². The van der Waals surface area contributed by atoms with Gasteiger partial charge in [-0.1, -0.05) is 6.07 Å². The predicted molar refractivity (Wildman–Crippen MR) is 113 cm³/mol. The van der Waals surface area contributed by atoms with Crippen molar-refractivity contribution in [3.63, 3.8) is 0 Å². The van der Waals surface area contributed by atoms with E-state index in [1.54, 1.807) is 6.07 Å². The van der Waals surface area contributed by atoms with Gasteiger partial charge >= 0.3 is 5.97 Å². The number of carbonyl (C=O) groups excluding carboxylic acids is 2. The minimum atomic E-state index is -1.05. The smallest absolute Gasteiger partial charge is 0.345 e. The summed E-state index contributed by atoms with van der Waals surface area (Å²) in [5.41, 5.74) is 0.574. The van der Waals surface area contributed by atoms with Gasteiger partial charge in [-0.15, -0.1) is 11.3 Å². The fraction of sp³-hybridized carbons (Fsp3) is 0.0952. The van der Waals surface area contributed by atoms with Crippen LogP contribution in [0.25, 0.3) is 5.65 Å². The molecule has 0 aliphatic rings. The number of amides is 2. The fourth-order valence-electron chi connectivity index (χ4n) is 2.96. The number of carboxylic acid groups (broad SMARTS) is 1. The third kappa shape index (κ3) is 4.85. The zero-order chi connectivity index (χ0) is 23.5. The lowest BCUT2D eigenvalue weighted by atomic mass is 10.2. The maximum atomic E-state index is 13.4. The Morgan fingerprint density at radius 1 is 0.970 bits per heavy atom. The number of fused-ring (bicyclic) bond motifs is 1. The molecule has 4 aromatic rings. The van der Waals surface area contributed by atoms with Gasteiger partial charge in [0.25, 0.3) is 11.8 Å². The Bertz CT molecular complexity index is 1380. The first-order valence-corrected chi connectivity index (χ1v) is 10.3. The van der Waals surface area contributed by atoms with Crippen LogP contribution >= 0.6 is 11.3 Å². The molecular formula is C21H15F2N5O4S. The lowest BCUT2D eigenvalue weighted by Gasteiger charge is -2.09. The zero-order valence-corrected chi connectivity index (χ0v) is 17.5. The van der Waals surface area contributed by atoms with Crippen molar-refractivity contribution in [2.75, 3.05) is 0 Å². The molecule has 3 N–H and O–H groups in total. The Hall–Kier alpha value is -4.19. The summed E-state index contributed by atoms with van der Waals surface area (Å²) in [6.45, 7) is 0.00744. The zero-order valence-electron chi connectivity index (χ0n) is 16.7. The number of thiophene rings is 1. The first-order valence-electron chi connectivity index (χ1n) is 9.49. The second kappa shape index (κ2) is 9.12. The van der Waals surface area contributed by atoms with Crippen LogP contribution in [0, 0.1) is 11.6 Å². The molecule has 168 valence electrons. The van der Waals surface area contributed by atoms with Gasteiger partial charge in [0.2, 0.25) is 0 Å². The number of halogens is 2. The number of nitrogens with one attached hydrogen (secondary N) is 2. The van der Waals surface area contributed by atoms with E-state index in [0.717, 1.165) is 23.5 Å². The van der Waals surface area contributed by atoms with Gasteiger partial charge in [-0.25, -0.2) is 23.1 Å². The van der Waals surface area contributed by atoms with Crippen LogP contribution in [0.5, 0.6) is 0 Å². The largest absolute Gasteiger partial charge is 0.477 e. The molecule has 9 nitrogen and oxygen atoms in total. The molecule has 0 atom stereocenters. The second-order valence-corrected chi connectivity index (χ2v) is 7.98. The molecule has 0 fully saturated rings. The van der Waals surface area contributed by atoms with Crippen LogP contribution in [0.15, 0.2) is 48.7 Å². The normalized spacial score (nSPS) is 10.8. The van der Waals surface area contributed by atoms with Gasteiger partial charge in [-0.3, -0.25) is 9.59 Å². The maximum Gasteiger partial charge on any atom is 0.345 e. The lowest BCUT2D eigenvalue weighted by Crippen LogP contribution is -2.28. The molecule has 3 aromatic heterocycles. The number of nitrogens with zero attached hydrogens (tertiary/aromatic N) is 3. The number of aromatic carboxylic acids is 1. The van der Waals surface area contributed by atoms with E-state index < -0.39 is 29.4 Å². The molecule has 0 saturated heterocycles. The molecule has 2 amide bonds. The number of hydrogen-bond donors (Lipinski definition) is 3. The third-order valence-electron chi connectivity index (χ3n) is 4.56. The molecule has 12 heteroatoms. The summed E-state index contributed by atoms with van der Waals surface area (Å²) in [7, 11) is 0. The van der Waals surface area contributed by atoms with Gasteiger partial charge in [0.1, 0.15) is 16.3 Å². The van der Waals surface area contributed by atoms with Crippen molar-refractivity contribution >= 4 is 34.8 Å².